The molecule has 4 heteroatoms. The topological polar surface area (TPSA) is 56.9 Å². The Kier molecular flexibility index (Phi) is 3.73. The number of fused-ring (bicyclic) bond motifs is 3. The van der Waals surface area contributed by atoms with E-state index in [-0.39, 0.29) is 23.3 Å². The third-order valence-electron chi connectivity index (χ3n) is 4.42. The molecule has 0 aliphatic carbocycles. The fourth-order valence-electron chi connectivity index (χ4n) is 3.48. The number of aromatic amines is 1. The first-order valence-corrected chi connectivity index (χ1v) is 8.02. The third-order valence-corrected chi connectivity index (χ3v) is 4.42. The van der Waals surface area contributed by atoms with E-state index in [2.05, 4.69) is 47.7 Å². The van der Waals surface area contributed by atoms with Crippen LogP contribution >= 0.6 is 0 Å². The maximum absolute atomic E-state index is 12.6. The summed E-state index contributed by atoms with van der Waals surface area (Å²) in [6.07, 6.45) is 0. The summed E-state index contributed by atoms with van der Waals surface area (Å²) in [7, 11) is 0. The molecule has 2 aromatic rings. The second-order valence-corrected chi connectivity index (χ2v) is 7.19. The number of aromatic nitrogens is 1. The molecule has 1 unspecified atom stereocenters. The van der Waals surface area contributed by atoms with Crippen molar-refractivity contribution in [3.63, 3.8) is 0 Å². The van der Waals surface area contributed by atoms with Crippen LogP contribution < -0.4 is 10.6 Å². The molecule has 1 aliphatic rings. The Hall–Kier alpha value is -1.81. The molecule has 1 amide bonds. The number of hydrogen-bond donors (Lipinski definition) is 3. The molecule has 0 saturated heterocycles. The summed E-state index contributed by atoms with van der Waals surface area (Å²) in [4.78, 5) is 16.2. The van der Waals surface area contributed by atoms with Gasteiger partial charge in [-0.15, -0.1) is 0 Å². The van der Waals surface area contributed by atoms with Crippen molar-refractivity contribution >= 4 is 16.8 Å². The van der Waals surface area contributed by atoms with Crippen molar-refractivity contribution in [1.82, 2.24) is 15.6 Å². The highest BCUT2D eigenvalue weighted by Gasteiger charge is 2.36. The minimum Gasteiger partial charge on any atom is -0.357 e. The lowest BCUT2D eigenvalue weighted by atomic mass is 9.81. The Labute approximate surface area is 131 Å². The molecule has 0 radical (unpaired) electrons. The Morgan fingerprint density at radius 1 is 1.32 bits per heavy atom. The van der Waals surface area contributed by atoms with E-state index >= 15 is 0 Å². The molecule has 1 aromatic carbocycles. The molecular weight excluding hydrogens is 274 g/mol. The van der Waals surface area contributed by atoms with Gasteiger partial charge in [0.2, 0.25) is 5.91 Å². The Balaban J connectivity index is 2.15. The lowest BCUT2D eigenvalue weighted by Gasteiger charge is -2.24. The standard InChI is InChI=1S/C18H25N3O/c1-11(2)20-17(22)13-9-19-10-18(3,4)15-12-7-5-6-8-14(12)21-16(13)15/h5-8,11,13,19,21H,9-10H2,1-4H3,(H,20,22). The number of para-hydroxylation sites is 1. The van der Waals surface area contributed by atoms with Crippen LogP contribution in [0.2, 0.25) is 0 Å². The number of nitrogens with one attached hydrogen (secondary N) is 3. The Bertz CT molecular complexity index is 699. The zero-order valence-electron chi connectivity index (χ0n) is 13.8. The number of hydrogen-bond acceptors (Lipinski definition) is 2. The fourth-order valence-corrected chi connectivity index (χ4v) is 3.48. The van der Waals surface area contributed by atoms with Crippen molar-refractivity contribution in [2.75, 3.05) is 13.1 Å². The van der Waals surface area contributed by atoms with E-state index < -0.39 is 0 Å². The predicted molar refractivity (Wildman–Crippen MR) is 90.2 cm³/mol. The van der Waals surface area contributed by atoms with Crippen LogP contribution in [0.15, 0.2) is 24.3 Å². The normalized spacial score (nSPS) is 20.7. The molecule has 1 aromatic heterocycles. The van der Waals surface area contributed by atoms with E-state index in [0.29, 0.717) is 6.54 Å². The van der Waals surface area contributed by atoms with E-state index in [0.717, 1.165) is 17.8 Å². The minimum absolute atomic E-state index is 0.0121. The van der Waals surface area contributed by atoms with Crippen LogP contribution in [0.25, 0.3) is 10.9 Å². The lowest BCUT2D eigenvalue weighted by Crippen LogP contribution is -2.38. The van der Waals surface area contributed by atoms with Crippen LogP contribution in [0.1, 0.15) is 44.9 Å². The molecule has 2 heterocycles. The highest BCUT2D eigenvalue weighted by molar-refractivity contribution is 5.91. The highest BCUT2D eigenvalue weighted by Crippen LogP contribution is 2.38. The number of benzene rings is 1. The average Bonchev–Trinajstić information content (AvgIpc) is 2.76. The van der Waals surface area contributed by atoms with Gasteiger partial charge in [-0.25, -0.2) is 0 Å². The molecule has 0 spiro atoms. The number of carbonyl (C=O) groups is 1. The average molecular weight is 299 g/mol. The van der Waals surface area contributed by atoms with Gasteiger partial charge >= 0.3 is 0 Å². The summed E-state index contributed by atoms with van der Waals surface area (Å²) in [5.41, 5.74) is 3.44. The molecule has 4 nitrogen and oxygen atoms in total. The van der Waals surface area contributed by atoms with E-state index in [1.54, 1.807) is 0 Å². The van der Waals surface area contributed by atoms with Gasteiger partial charge in [-0.3, -0.25) is 4.79 Å². The maximum atomic E-state index is 12.6. The number of rotatable bonds is 2. The van der Waals surface area contributed by atoms with Gasteiger partial charge in [-0.05, 0) is 25.5 Å². The van der Waals surface area contributed by atoms with Crippen LogP contribution in [-0.4, -0.2) is 30.0 Å². The molecule has 22 heavy (non-hydrogen) atoms. The zero-order chi connectivity index (χ0) is 15.9. The van der Waals surface area contributed by atoms with Crippen molar-refractivity contribution in [1.29, 1.82) is 0 Å². The van der Waals surface area contributed by atoms with Crippen LogP contribution in [0.4, 0.5) is 0 Å². The SMILES string of the molecule is CC(C)NC(=O)C1CNCC(C)(C)c2c1[nH]c1ccccc21. The molecular formula is C18H25N3O. The molecule has 3 N–H and O–H groups in total. The maximum Gasteiger partial charge on any atom is 0.230 e. The molecule has 0 bridgehead atoms. The first kappa shape index (κ1) is 15.1. The van der Waals surface area contributed by atoms with E-state index in [1.165, 1.54) is 10.9 Å². The summed E-state index contributed by atoms with van der Waals surface area (Å²) < 4.78 is 0. The summed E-state index contributed by atoms with van der Waals surface area (Å²) >= 11 is 0. The van der Waals surface area contributed by atoms with Crippen molar-refractivity contribution in [3.8, 4) is 0 Å². The van der Waals surface area contributed by atoms with Crippen LogP contribution in [0.3, 0.4) is 0 Å². The summed E-state index contributed by atoms with van der Waals surface area (Å²) in [5, 5.41) is 7.74. The van der Waals surface area contributed by atoms with E-state index in [9.17, 15) is 4.79 Å². The van der Waals surface area contributed by atoms with Crippen molar-refractivity contribution in [2.24, 2.45) is 0 Å². The minimum atomic E-state index is -0.174. The number of H-pyrrole nitrogens is 1. The van der Waals surface area contributed by atoms with E-state index in [1.807, 2.05) is 19.9 Å². The molecule has 3 rings (SSSR count). The number of carbonyl (C=O) groups excluding carboxylic acids is 1. The van der Waals surface area contributed by atoms with Gasteiger partial charge in [0.05, 0.1) is 5.92 Å². The molecule has 0 saturated carbocycles. The molecule has 0 fully saturated rings. The van der Waals surface area contributed by atoms with Crippen LogP contribution in [-0.2, 0) is 10.2 Å². The van der Waals surface area contributed by atoms with Crippen molar-refractivity contribution in [2.45, 2.75) is 45.1 Å². The summed E-state index contributed by atoms with van der Waals surface area (Å²) in [6.45, 7) is 10.0. The predicted octanol–water partition coefficient (Wildman–Crippen LogP) is 2.66. The van der Waals surface area contributed by atoms with Crippen molar-refractivity contribution < 1.29 is 4.79 Å². The second kappa shape index (κ2) is 5.43. The summed E-state index contributed by atoms with van der Waals surface area (Å²) in [6, 6.07) is 8.48. The van der Waals surface area contributed by atoms with Gasteiger partial charge in [0.25, 0.3) is 0 Å². The van der Waals surface area contributed by atoms with Gasteiger partial charge < -0.3 is 15.6 Å². The number of amides is 1. The Morgan fingerprint density at radius 3 is 2.77 bits per heavy atom. The first-order chi connectivity index (χ1) is 10.4. The second-order valence-electron chi connectivity index (χ2n) is 7.19. The van der Waals surface area contributed by atoms with Gasteiger partial charge in [-0.1, -0.05) is 32.0 Å². The van der Waals surface area contributed by atoms with E-state index in [4.69, 9.17) is 0 Å². The summed E-state index contributed by atoms with van der Waals surface area (Å²) in [5.74, 6) is -0.0837. The van der Waals surface area contributed by atoms with Gasteiger partial charge in [0.15, 0.2) is 0 Å². The molecule has 1 aliphatic heterocycles. The first-order valence-electron chi connectivity index (χ1n) is 8.02. The van der Waals surface area contributed by atoms with Gasteiger partial charge in [0, 0.05) is 41.1 Å². The van der Waals surface area contributed by atoms with Gasteiger partial charge in [-0.2, -0.15) is 0 Å². The van der Waals surface area contributed by atoms with Crippen LogP contribution in [0.5, 0.6) is 0 Å². The zero-order valence-corrected chi connectivity index (χ0v) is 13.8. The quantitative estimate of drug-likeness (QED) is 0.798. The smallest absolute Gasteiger partial charge is 0.230 e. The highest BCUT2D eigenvalue weighted by atomic mass is 16.2. The third kappa shape index (κ3) is 2.52. The Morgan fingerprint density at radius 2 is 2.05 bits per heavy atom. The molecule has 118 valence electrons. The largest absolute Gasteiger partial charge is 0.357 e. The molecule has 1 atom stereocenters. The van der Waals surface area contributed by atoms with Gasteiger partial charge in [0.1, 0.15) is 0 Å². The lowest BCUT2D eigenvalue weighted by molar-refractivity contribution is -0.123. The van der Waals surface area contributed by atoms with Crippen molar-refractivity contribution in [3.05, 3.63) is 35.5 Å². The van der Waals surface area contributed by atoms with Crippen LogP contribution in [0, 0.1) is 0 Å². The monoisotopic (exact) mass is 299 g/mol. The fraction of sp³-hybridized carbons (Fsp3) is 0.500.